The highest BCUT2D eigenvalue weighted by Gasteiger charge is 2.34. The zero-order valence-corrected chi connectivity index (χ0v) is 12.4. The van der Waals surface area contributed by atoms with Crippen LogP contribution in [-0.2, 0) is 4.79 Å². The van der Waals surface area contributed by atoms with Crippen molar-refractivity contribution in [1.82, 2.24) is 9.47 Å². The number of hydrogen-bond donors (Lipinski definition) is 0. The van der Waals surface area contributed by atoms with Crippen LogP contribution < -0.4 is 0 Å². The van der Waals surface area contributed by atoms with Gasteiger partial charge in [-0.2, -0.15) is 0 Å². The molecule has 1 aliphatic heterocycles. The third-order valence-electron chi connectivity index (χ3n) is 3.22. The van der Waals surface area contributed by atoms with Gasteiger partial charge in [0.15, 0.2) is 0 Å². The minimum Gasteiger partial charge on any atom is -0.317 e. The number of rotatable bonds is 3. The molecule has 0 bridgehead atoms. The van der Waals surface area contributed by atoms with E-state index < -0.39 is 0 Å². The fraction of sp³-hybridized carbons (Fsp3) is 0.0588. The molecule has 5 heteroatoms. The number of carbonyl (C=O) groups excluding carboxylic acids is 2. The maximum atomic E-state index is 12.2. The van der Waals surface area contributed by atoms with E-state index in [9.17, 15) is 9.59 Å². The van der Waals surface area contributed by atoms with Crippen molar-refractivity contribution in [3.8, 4) is 18.0 Å². The lowest BCUT2D eigenvalue weighted by molar-refractivity contribution is -0.122. The number of thioether (sulfide) groups is 1. The van der Waals surface area contributed by atoms with Crippen molar-refractivity contribution in [1.29, 1.82) is 0 Å². The lowest BCUT2D eigenvalue weighted by Gasteiger charge is -2.07. The summed E-state index contributed by atoms with van der Waals surface area (Å²) in [6.07, 6.45) is 8.81. The van der Waals surface area contributed by atoms with Crippen molar-refractivity contribution in [3.63, 3.8) is 0 Å². The standard InChI is InChI=1S/C17H12N2O2S/c1-2-10-19-16(20)15(22-17(19)21)12-14-9-6-11-18(14)13-7-4-3-5-8-13/h1,3-9,11-12H,10H2/b15-12+. The zero-order valence-electron chi connectivity index (χ0n) is 11.6. The zero-order chi connectivity index (χ0) is 15.5. The summed E-state index contributed by atoms with van der Waals surface area (Å²) in [5, 5.41) is -0.327. The molecular weight excluding hydrogens is 296 g/mol. The Hall–Kier alpha value is -2.71. The third-order valence-corrected chi connectivity index (χ3v) is 4.12. The Morgan fingerprint density at radius 2 is 1.91 bits per heavy atom. The number of benzene rings is 1. The van der Waals surface area contributed by atoms with Crippen LogP contribution in [0, 0.1) is 12.3 Å². The van der Waals surface area contributed by atoms with E-state index in [-0.39, 0.29) is 17.7 Å². The highest BCUT2D eigenvalue weighted by atomic mass is 32.2. The van der Waals surface area contributed by atoms with Crippen molar-refractivity contribution in [3.05, 3.63) is 59.3 Å². The molecule has 2 heterocycles. The Morgan fingerprint density at radius 1 is 1.14 bits per heavy atom. The average Bonchev–Trinajstić information content (AvgIpc) is 3.09. The van der Waals surface area contributed by atoms with E-state index in [0.29, 0.717) is 4.91 Å². The summed E-state index contributed by atoms with van der Waals surface area (Å²) < 4.78 is 1.95. The molecule has 1 aromatic carbocycles. The molecule has 0 radical (unpaired) electrons. The van der Waals surface area contributed by atoms with Crippen molar-refractivity contribution < 1.29 is 9.59 Å². The number of para-hydroxylation sites is 1. The molecule has 0 spiro atoms. The third kappa shape index (κ3) is 2.57. The minimum atomic E-state index is -0.339. The van der Waals surface area contributed by atoms with Gasteiger partial charge in [0.05, 0.1) is 11.4 Å². The first-order chi connectivity index (χ1) is 10.7. The van der Waals surface area contributed by atoms with Gasteiger partial charge >= 0.3 is 0 Å². The Labute approximate surface area is 132 Å². The van der Waals surface area contributed by atoms with Crippen LogP contribution >= 0.6 is 11.8 Å². The molecule has 2 aromatic rings. The maximum absolute atomic E-state index is 12.2. The molecule has 1 saturated heterocycles. The minimum absolute atomic E-state index is 0.00169. The fourth-order valence-electron chi connectivity index (χ4n) is 2.20. The highest BCUT2D eigenvalue weighted by molar-refractivity contribution is 8.18. The van der Waals surface area contributed by atoms with Gasteiger partial charge < -0.3 is 4.57 Å². The number of amides is 2. The lowest BCUT2D eigenvalue weighted by Crippen LogP contribution is -2.28. The Balaban J connectivity index is 1.95. The number of nitrogens with zero attached hydrogens (tertiary/aromatic N) is 2. The Morgan fingerprint density at radius 3 is 2.64 bits per heavy atom. The summed E-state index contributed by atoms with van der Waals surface area (Å²) in [4.78, 5) is 25.4. The van der Waals surface area contributed by atoms with Gasteiger partial charge in [-0.15, -0.1) is 6.42 Å². The van der Waals surface area contributed by atoms with Crippen molar-refractivity contribution >= 4 is 29.0 Å². The van der Waals surface area contributed by atoms with Crippen LogP contribution in [-0.4, -0.2) is 27.2 Å². The van der Waals surface area contributed by atoms with Gasteiger partial charge in [-0.1, -0.05) is 24.1 Å². The first kappa shape index (κ1) is 14.2. The van der Waals surface area contributed by atoms with E-state index in [4.69, 9.17) is 6.42 Å². The number of imide groups is 1. The van der Waals surface area contributed by atoms with Gasteiger partial charge in [0.1, 0.15) is 0 Å². The molecule has 22 heavy (non-hydrogen) atoms. The quantitative estimate of drug-likeness (QED) is 0.646. The second-order valence-electron chi connectivity index (χ2n) is 4.61. The van der Waals surface area contributed by atoms with Crippen LogP contribution in [0.25, 0.3) is 11.8 Å². The first-order valence-electron chi connectivity index (χ1n) is 6.62. The summed E-state index contributed by atoms with van der Waals surface area (Å²) >= 11 is 0.914. The average molecular weight is 308 g/mol. The molecule has 0 unspecified atom stereocenters. The van der Waals surface area contributed by atoms with E-state index >= 15 is 0 Å². The smallest absolute Gasteiger partial charge is 0.294 e. The summed E-state index contributed by atoms with van der Waals surface area (Å²) in [6, 6.07) is 13.6. The molecule has 2 amide bonds. The molecule has 0 saturated carbocycles. The van der Waals surface area contributed by atoms with E-state index in [2.05, 4.69) is 5.92 Å². The highest BCUT2D eigenvalue weighted by Crippen LogP contribution is 2.32. The van der Waals surface area contributed by atoms with Gasteiger partial charge in [-0.05, 0) is 42.1 Å². The van der Waals surface area contributed by atoms with E-state index in [0.717, 1.165) is 28.0 Å². The molecule has 1 aromatic heterocycles. The molecule has 1 fully saturated rings. The summed E-state index contributed by atoms with van der Waals surface area (Å²) in [5.74, 6) is 1.99. The van der Waals surface area contributed by atoms with E-state index in [1.165, 1.54) is 0 Å². The number of terminal acetylenes is 1. The van der Waals surface area contributed by atoms with Crippen molar-refractivity contribution in [2.75, 3.05) is 6.54 Å². The number of hydrogen-bond acceptors (Lipinski definition) is 3. The summed E-state index contributed by atoms with van der Waals surface area (Å²) in [5.41, 5.74) is 1.82. The van der Waals surface area contributed by atoms with Gasteiger partial charge in [0, 0.05) is 17.6 Å². The molecule has 4 nitrogen and oxygen atoms in total. The van der Waals surface area contributed by atoms with Gasteiger partial charge in [0.25, 0.3) is 11.1 Å². The van der Waals surface area contributed by atoms with Crippen LogP contribution in [0.4, 0.5) is 4.79 Å². The Bertz CT molecular complexity index is 800. The lowest BCUT2D eigenvalue weighted by atomic mass is 10.3. The van der Waals surface area contributed by atoms with Gasteiger partial charge in [-0.25, -0.2) is 0 Å². The monoisotopic (exact) mass is 308 g/mol. The fourth-order valence-corrected chi connectivity index (χ4v) is 3.02. The molecular formula is C17H12N2O2S. The predicted octanol–water partition coefficient (Wildman–Crippen LogP) is 3.15. The first-order valence-corrected chi connectivity index (χ1v) is 7.44. The topological polar surface area (TPSA) is 42.3 Å². The maximum Gasteiger partial charge on any atom is 0.294 e. The van der Waals surface area contributed by atoms with Crippen LogP contribution in [0.15, 0.2) is 53.6 Å². The van der Waals surface area contributed by atoms with Gasteiger partial charge in [-0.3, -0.25) is 14.5 Å². The van der Waals surface area contributed by atoms with Crippen molar-refractivity contribution in [2.45, 2.75) is 0 Å². The SMILES string of the molecule is C#CCN1C(=O)S/C(=C/c2cccn2-c2ccccc2)C1=O. The van der Waals surface area contributed by atoms with Gasteiger partial charge in [0.2, 0.25) is 0 Å². The number of aromatic nitrogens is 1. The number of carbonyl (C=O) groups is 2. The predicted molar refractivity (Wildman–Crippen MR) is 87.3 cm³/mol. The Kier molecular flexibility index (Phi) is 3.86. The normalized spacial score (nSPS) is 16.3. The van der Waals surface area contributed by atoms with Crippen LogP contribution in [0.5, 0.6) is 0 Å². The molecule has 1 aliphatic rings. The van der Waals surface area contributed by atoms with Crippen molar-refractivity contribution in [2.24, 2.45) is 0 Å². The summed E-state index contributed by atoms with van der Waals surface area (Å²) in [7, 11) is 0. The largest absolute Gasteiger partial charge is 0.317 e. The van der Waals surface area contributed by atoms with Crippen LogP contribution in [0.1, 0.15) is 5.69 Å². The summed E-state index contributed by atoms with van der Waals surface area (Å²) in [6.45, 7) is 0.00169. The molecule has 0 aliphatic carbocycles. The van der Waals surface area contributed by atoms with Crippen LogP contribution in [0.3, 0.4) is 0 Å². The van der Waals surface area contributed by atoms with E-state index in [1.807, 2.05) is 53.2 Å². The molecule has 108 valence electrons. The van der Waals surface area contributed by atoms with Crippen LogP contribution in [0.2, 0.25) is 0 Å². The second kappa shape index (κ2) is 5.96. The molecule has 0 atom stereocenters. The second-order valence-corrected chi connectivity index (χ2v) is 5.60. The van der Waals surface area contributed by atoms with E-state index in [1.54, 1.807) is 6.08 Å². The molecule has 0 N–H and O–H groups in total. The molecule has 3 rings (SSSR count).